The molecule has 3 heteroatoms. The number of rotatable bonds is 1. The first-order valence-corrected chi connectivity index (χ1v) is 7.04. The molecule has 0 saturated heterocycles. The molecule has 0 saturated carbocycles. The van der Waals surface area contributed by atoms with Gasteiger partial charge in [-0.1, -0.05) is 6.07 Å². The minimum absolute atomic E-state index is 0.867. The summed E-state index contributed by atoms with van der Waals surface area (Å²) in [6.45, 7) is 0. The molecule has 0 aliphatic heterocycles. The summed E-state index contributed by atoms with van der Waals surface area (Å²) in [4.78, 5) is 13.6. The van der Waals surface area contributed by atoms with Crippen molar-refractivity contribution < 1.29 is 4.79 Å². The van der Waals surface area contributed by atoms with Crippen molar-refractivity contribution in [3.05, 3.63) is 33.3 Å². The van der Waals surface area contributed by atoms with E-state index in [-0.39, 0.29) is 0 Å². The second kappa shape index (κ2) is 4.02. The molecule has 0 N–H and O–H groups in total. The molecule has 0 aromatic carbocycles. The van der Waals surface area contributed by atoms with Crippen LogP contribution in [0.5, 0.6) is 0 Å². The molecule has 2 aromatic heterocycles. The van der Waals surface area contributed by atoms with Crippen LogP contribution >= 0.6 is 22.7 Å². The van der Waals surface area contributed by atoms with Gasteiger partial charge < -0.3 is 0 Å². The van der Waals surface area contributed by atoms with Crippen molar-refractivity contribution in [3.8, 4) is 10.4 Å². The molecule has 0 amide bonds. The number of thiophene rings is 2. The van der Waals surface area contributed by atoms with Crippen LogP contribution in [0.25, 0.3) is 16.0 Å². The molecule has 1 nitrogen and oxygen atoms in total. The minimum Gasteiger partial charge on any atom is -0.233 e. The molecule has 3 rings (SSSR count). The van der Waals surface area contributed by atoms with Crippen molar-refractivity contribution in [1.29, 1.82) is 0 Å². The van der Waals surface area contributed by atoms with Gasteiger partial charge in [-0.25, -0.2) is 4.79 Å². The zero-order valence-corrected chi connectivity index (χ0v) is 10.3. The highest BCUT2D eigenvalue weighted by molar-refractivity contribution is 7.14. The molecule has 2 aromatic rings. The lowest BCUT2D eigenvalue weighted by Gasteiger charge is -2.13. The van der Waals surface area contributed by atoms with Gasteiger partial charge in [0.15, 0.2) is 0 Å². The van der Waals surface area contributed by atoms with Crippen molar-refractivity contribution in [3.63, 3.8) is 0 Å². The van der Waals surface area contributed by atoms with Gasteiger partial charge >= 0.3 is 0 Å². The van der Waals surface area contributed by atoms with E-state index in [1.165, 1.54) is 20.9 Å². The minimum atomic E-state index is 0.867. The number of hydrogen-bond donors (Lipinski definition) is 0. The predicted molar refractivity (Wildman–Crippen MR) is 69.7 cm³/mol. The first kappa shape index (κ1) is 10.0. The van der Waals surface area contributed by atoms with Crippen LogP contribution < -0.4 is 0 Å². The molecule has 0 unspecified atom stereocenters. The van der Waals surface area contributed by atoms with Gasteiger partial charge in [0.05, 0.1) is 0 Å². The van der Waals surface area contributed by atoms with E-state index in [4.69, 9.17) is 0 Å². The Balaban J connectivity index is 2.22. The van der Waals surface area contributed by atoms with Gasteiger partial charge in [0, 0.05) is 31.8 Å². The van der Waals surface area contributed by atoms with E-state index in [0.29, 0.717) is 0 Å². The molecular formula is C13H10OS2. The standard InChI is InChI=1S/C13H10OS2/c14-7-9-3-1-4-12-13(9)10(8-16-12)11-5-2-6-15-11/h2,5-6,8H,1,3-4H2. The molecule has 2 heterocycles. The maximum atomic E-state index is 11.0. The highest BCUT2D eigenvalue weighted by atomic mass is 32.1. The van der Waals surface area contributed by atoms with Gasteiger partial charge in [0.25, 0.3) is 0 Å². The van der Waals surface area contributed by atoms with Crippen molar-refractivity contribution in [2.24, 2.45) is 0 Å². The summed E-state index contributed by atoms with van der Waals surface area (Å²) >= 11 is 3.51. The zero-order valence-electron chi connectivity index (χ0n) is 8.66. The van der Waals surface area contributed by atoms with Crippen molar-refractivity contribution >= 4 is 34.2 Å². The SMILES string of the molecule is O=C=C1CCCc2scc(-c3cccs3)c21. The van der Waals surface area contributed by atoms with E-state index >= 15 is 0 Å². The van der Waals surface area contributed by atoms with Crippen LogP contribution in [0.1, 0.15) is 23.3 Å². The van der Waals surface area contributed by atoms with Gasteiger partial charge in [-0.15, -0.1) is 22.7 Å². The first-order chi connectivity index (χ1) is 7.90. The van der Waals surface area contributed by atoms with E-state index in [1.807, 2.05) is 0 Å². The summed E-state index contributed by atoms with van der Waals surface area (Å²) < 4.78 is 0. The molecule has 0 radical (unpaired) electrons. The van der Waals surface area contributed by atoms with Crippen LogP contribution in [0.2, 0.25) is 0 Å². The summed E-state index contributed by atoms with van der Waals surface area (Å²) in [7, 11) is 0. The van der Waals surface area contributed by atoms with E-state index in [0.717, 1.165) is 24.8 Å². The Hall–Kier alpha value is -1.15. The summed E-state index contributed by atoms with van der Waals surface area (Å²) in [6, 6.07) is 4.17. The summed E-state index contributed by atoms with van der Waals surface area (Å²) in [5, 5.41) is 4.26. The van der Waals surface area contributed by atoms with Gasteiger partial charge in [-0.3, -0.25) is 0 Å². The van der Waals surface area contributed by atoms with Crippen LogP contribution in [-0.2, 0) is 11.2 Å². The average molecular weight is 246 g/mol. The fraction of sp³-hybridized carbons (Fsp3) is 0.231. The smallest absolute Gasteiger partial charge is 0.128 e. The Bertz CT molecular complexity index is 557. The maximum absolute atomic E-state index is 11.0. The van der Waals surface area contributed by atoms with Crippen LogP contribution in [0.15, 0.2) is 22.9 Å². The second-order valence-electron chi connectivity index (χ2n) is 3.86. The highest BCUT2D eigenvalue weighted by Gasteiger charge is 2.21. The number of allylic oxidation sites excluding steroid dienone is 1. The van der Waals surface area contributed by atoms with Crippen LogP contribution in [0, 0.1) is 0 Å². The zero-order chi connectivity index (χ0) is 11.0. The van der Waals surface area contributed by atoms with Crippen molar-refractivity contribution in [2.45, 2.75) is 19.3 Å². The lowest BCUT2D eigenvalue weighted by molar-refractivity contribution is 0.568. The average Bonchev–Trinajstić information content (AvgIpc) is 2.96. The largest absolute Gasteiger partial charge is 0.233 e. The third kappa shape index (κ3) is 1.49. The Morgan fingerprint density at radius 1 is 1.25 bits per heavy atom. The quantitative estimate of drug-likeness (QED) is 0.694. The van der Waals surface area contributed by atoms with Gasteiger partial charge in [-0.05, 0) is 30.7 Å². The lowest BCUT2D eigenvalue weighted by Crippen LogP contribution is -1.99. The Morgan fingerprint density at radius 3 is 2.94 bits per heavy atom. The van der Waals surface area contributed by atoms with E-state index < -0.39 is 0 Å². The van der Waals surface area contributed by atoms with Gasteiger partial charge in [0.2, 0.25) is 0 Å². The maximum Gasteiger partial charge on any atom is 0.128 e. The fourth-order valence-corrected chi connectivity index (χ4v) is 4.12. The molecule has 16 heavy (non-hydrogen) atoms. The number of carbonyl (C=O) groups excluding carboxylic acids is 1. The summed E-state index contributed by atoms with van der Waals surface area (Å²) in [5.41, 5.74) is 3.27. The Morgan fingerprint density at radius 2 is 2.19 bits per heavy atom. The van der Waals surface area contributed by atoms with E-state index in [9.17, 15) is 4.79 Å². The molecule has 0 spiro atoms. The van der Waals surface area contributed by atoms with Crippen molar-refractivity contribution in [1.82, 2.24) is 0 Å². The molecule has 0 bridgehead atoms. The highest BCUT2D eigenvalue weighted by Crippen LogP contribution is 2.42. The number of aryl methyl sites for hydroxylation is 1. The molecule has 1 aliphatic carbocycles. The Labute approximate surface area is 102 Å². The summed E-state index contributed by atoms with van der Waals surface area (Å²) in [5.74, 6) is 2.13. The Kier molecular flexibility index (Phi) is 2.52. The molecule has 0 atom stereocenters. The molecule has 0 fully saturated rings. The van der Waals surface area contributed by atoms with Gasteiger partial charge in [-0.2, -0.15) is 0 Å². The molecule has 1 aliphatic rings. The predicted octanol–water partition coefficient (Wildman–Crippen LogP) is 4.03. The van der Waals surface area contributed by atoms with Crippen LogP contribution in [-0.4, -0.2) is 5.94 Å². The molecular weight excluding hydrogens is 236 g/mol. The second-order valence-corrected chi connectivity index (χ2v) is 5.77. The normalized spacial score (nSPS) is 14.6. The van der Waals surface area contributed by atoms with E-state index in [1.54, 1.807) is 22.7 Å². The first-order valence-electron chi connectivity index (χ1n) is 5.28. The van der Waals surface area contributed by atoms with Gasteiger partial charge in [0.1, 0.15) is 5.94 Å². The summed E-state index contributed by atoms with van der Waals surface area (Å²) in [6.07, 6.45) is 3.07. The number of hydrogen-bond acceptors (Lipinski definition) is 3. The third-order valence-electron chi connectivity index (χ3n) is 2.91. The van der Waals surface area contributed by atoms with E-state index in [2.05, 4.69) is 28.8 Å². The van der Waals surface area contributed by atoms with Crippen LogP contribution in [0.4, 0.5) is 0 Å². The fourth-order valence-electron chi connectivity index (χ4n) is 2.18. The topological polar surface area (TPSA) is 17.1 Å². The lowest BCUT2D eigenvalue weighted by atomic mass is 9.91. The van der Waals surface area contributed by atoms with Crippen molar-refractivity contribution in [2.75, 3.05) is 0 Å². The molecule has 80 valence electrons. The van der Waals surface area contributed by atoms with Crippen LogP contribution in [0.3, 0.4) is 0 Å². The number of fused-ring (bicyclic) bond motifs is 1. The monoisotopic (exact) mass is 246 g/mol. The third-order valence-corrected chi connectivity index (χ3v) is 4.86.